The van der Waals surface area contributed by atoms with Crippen molar-refractivity contribution in [2.24, 2.45) is 0 Å². The van der Waals surface area contributed by atoms with Crippen LogP contribution in [0.4, 0.5) is 17.5 Å². The molecular formula is C16H21N5. The number of fused-ring (bicyclic) bond motifs is 1. The zero-order valence-corrected chi connectivity index (χ0v) is 12.5. The number of hydrogen-bond donors (Lipinski definition) is 2. The Morgan fingerprint density at radius 1 is 1.29 bits per heavy atom. The normalized spacial score (nSPS) is 16.9. The molecule has 0 saturated carbocycles. The number of benzene rings is 1. The van der Waals surface area contributed by atoms with E-state index in [1.54, 1.807) is 0 Å². The van der Waals surface area contributed by atoms with Crippen molar-refractivity contribution in [2.45, 2.75) is 26.3 Å². The molecule has 0 spiro atoms. The molecule has 3 rings (SSSR count). The molecule has 110 valence electrons. The maximum atomic E-state index is 5.84. The molecule has 1 unspecified atom stereocenters. The van der Waals surface area contributed by atoms with Crippen molar-refractivity contribution in [1.29, 1.82) is 0 Å². The lowest BCUT2D eigenvalue weighted by Crippen LogP contribution is -2.22. The van der Waals surface area contributed by atoms with E-state index in [9.17, 15) is 0 Å². The van der Waals surface area contributed by atoms with Crippen LogP contribution in [0.2, 0.25) is 0 Å². The highest BCUT2D eigenvalue weighted by Crippen LogP contribution is 2.40. The molecule has 2 heterocycles. The van der Waals surface area contributed by atoms with Gasteiger partial charge in [0.25, 0.3) is 0 Å². The molecule has 2 aromatic rings. The monoisotopic (exact) mass is 283 g/mol. The minimum atomic E-state index is 0.345. The Balaban J connectivity index is 1.97. The molecule has 0 radical (unpaired) electrons. The van der Waals surface area contributed by atoms with E-state index in [1.165, 1.54) is 5.56 Å². The Kier molecular flexibility index (Phi) is 3.64. The molecule has 0 saturated heterocycles. The molecule has 0 bridgehead atoms. The molecule has 21 heavy (non-hydrogen) atoms. The average molecular weight is 283 g/mol. The smallest absolute Gasteiger partial charge is 0.222 e. The quantitative estimate of drug-likeness (QED) is 0.903. The van der Waals surface area contributed by atoms with E-state index in [4.69, 9.17) is 5.73 Å². The summed E-state index contributed by atoms with van der Waals surface area (Å²) < 4.78 is 0. The summed E-state index contributed by atoms with van der Waals surface area (Å²) in [5.74, 6) is 1.56. The van der Waals surface area contributed by atoms with Gasteiger partial charge in [-0.15, -0.1) is 0 Å². The van der Waals surface area contributed by atoms with Gasteiger partial charge in [-0.3, -0.25) is 0 Å². The van der Waals surface area contributed by atoms with Gasteiger partial charge in [-0.05, 0) is 12.5 Å². The highest BCUT2D eigenvalue weighted by molar-refractivity contribution is 5.73. The van der Waals surface area contributed by atoms with Crippen LogP contribution in [-0.2, 0) is 6.54 Å². The van der Waals surface area contributed by atoms with Crippen molar-refractivity contribution in [3.63, 3.8) is 0 Å². The van der Waals surface area contributed by atoms with E-state index < -0.39 is 0 Å². The van der Waals surface area contributed by atoms with E-state index >= 15 is 0 Å². The third-order valence-corrected chi connectivity index (χ3v) is 3.77. The number of nitrogens with zero attached hydrogens (tertiary/aromatic N) is 3. The molecule has 5 heteroatoms. The van der Waals surface area contributed by atoms with Crippen molar-refractivity contribution in [1.82, 2.24) is 9.97 Å². The second-order valence-corrected chi connectivity index (χ2v) is 5.46. The summed E-state index contributed by atoms with van der Waals surface area (Å²) >= 11 is 0. The fraction of sp³-hybridized carbons (Fsp3) is 0.375. The number of nitrogen functional groups attached to an aromatic ring is 1. The summed E-state index contributed by atoms with van der Waals surface area (Å²) in [5.41, 5.74) is 9.28. The SMILES string of the molecule is CCNc1nc(N)nc2c1N(Cc1ccccc1)CC2C. The Hall–Kier alpha value is -2.30. The Labute approximate surface area is 125 Å². The molecular weight excluding hydrogens is 262 g/mol. The van der Waals surface area contributed by atoms with Crippen molar-refractivity contribution >= 4 is 17.5 Å². The fourth-order valence-electron chi connectivity index (χ4n) is 2.89. The second-order valence-electron chi connectivity index (χ2n) is 5.46. The van der Waals surface area contributed by atoms with Crippen LogP contribution < -0.4 is 16.0 Å². The molecule has 0 aliphatic carbocycles. The van der Waals surface area contributed by atoms with Crippen LogP contribution in [0, 0.1) is 0 Å². The number of anilines is 3. The van der Waals surface area contributed by atoms with Crippen LogP contribution in [0.5, 0.6) is 0 Å². The van der Waals surface area contributed by atoms with Gasteiger partial charge in [-0.25, -0.2) is 4.98 Å². The van der Waals surface area contributed by atoms with Crippen LogP contribution in [-0.4, -0.2) is 23.1 Å². The predicted molar refractivity (Wildman–Crippen MR) is 86.5 cm³/mol. The van der Waals surface area contributed by atoms with E-state index in [0.29, 0.717) is 11.9 Å². The molecule has 0 amide bonds. The fourth-order valence-corrected chi connectivity index (χ4v) is 2.89. The predicted octanol–water partition coefficient (Wildman–Crippen LogP) is 2.61. The van der Waals surface area contributed by atoms with Gasteiger partial charge in [-0.1, -0.05) is 37.3 Å². The van der Waals surface area contributed by atoms with Crippen LogP contribution in [0.3, 0.4) is 0 Å². The minimum absolute atomic E-state index is 0.345. The number of hydrogen-bond acceptors (Lipinski definition) is 5. The maximum Gasteiger partial charge on any atom is 0.222 e. The zero-order valence-electron chi connectivity index (χ0n) is 12.5. The van der Waals surface area contributed by atoms with Gasteiger partial charge < -0.3 is 16.0 Å². The third kappa shape index (κ3) is 2.63. The minimum Gasteiger partial charge on any atom is -0.368 e. The van der Waals surface area contributed by atoms with E-state index in [-0.39, 0.29) is 0 Å². The molecule has 0 fully saturated rings. The largest absolute Gasteiger partial charge is 0.368 e. The number of nitrogens with two attached hydrogens (primary N) is 1. The van der Waals surface area contributed by atoms with E-state index in [2.05, 4.69) is 58.3 Å². The Morgan fingerprint density at radius 3 is 2.76 bits per heavy atom. The third-order valence-electron chi connectivity index (χ3n) is 3.77. The maximum absolute atomic E-state index is 5.84. The average Bonchev–Trinajstić information content (AvgIpc) is 2.77. The van der Waals surface area contributed by atoms with Crippen LogP contribution >= 0.6 is 0 Å². The first kappa shape index (κ1) is 13.7. The number of nitrogens with one attached hydrogen (secondary N) is 1. The molecule has 1 aromatic carbocycles. The molecule has 1 aliphatic heterocycles. The zero-order chi connectivity index (χ0) is 14.8. The van der Waals surface area contributed by atoms with Crippen LogP contribution in [0.25, 0.3) is 0 Å². The summed E-state index contributed by atoms with van der Waals surface area (Å²) in [4.78, 5) is 11.2. The van der Waals surface area contributed by atoms with Gasteiger partial charge in [0.1, 0.15) is 5.69 Å². The van der Waals surface area contributed by atoms with E-state index in [1.807, 2.05) is 6.07 Å². The lowest BCUT2D eigenvalue weighted by Gasteiger charge is -2.21. The molecule has 3 N–H and O–H groups in total. The first-order chi connectivity index (χ1) is 10.2. The number of rotatable bonds is 4. The van der Waals surface area contributed by atoms with Crippen molar-refractivity contribution in [3.8, 4) is 0 Å². The number of aromatic nitrogens is 2. The summed E-state index contributed by atoms with van der Waals surface area (Å²) in [6.45, 7) is 6.87. The highest BCUT2D eigenvalue weighted by Gasteiger charge is 2.31. The second kappa shape index (κ2) is 5.60. The van der Waals surface area contributed by atoms with Crippen LogP contribution in [0.1, 0.15) is 31.0 Å². The van der Waals surface area contributed by atoms with Gasteiger partial charge in [-0.2, -0.15) is 4.98 Å². The topological polar surface area (TPSA) is 67.1 Å². The summed E-state index contributed by atoms with van der Waals surface area (Å²) in [6.07, 6.45) is 0. The van der Waals surface area contributed by atoms with Crippen molar-refractivity contribution < 1.29 is 0 Å². The first-order valence-corrected chi connectivity index (χ1v) is 7.39. The van der Waals surface area contributed by atoms with E-state index in [0.717, 1.165) is 36.8 Å². The lowest BCUT2D eigenvalue weighted by molar-refractivity contribution is 0.736. The van der Waals surface area contributed by atoms with Gasteiger partial charge in [0.15, 0.2) is 5.82 Å². The van der Waals surface area contributed by atoms with Crippen LogP contribution in [0.15, 0.2) is 30.3 Å². The molecule has 1 atom stereocenters. The summed E-state index contributed by atoms with van der Waals surface area (Å²) in [6, 6.07) is 10.5. The van der Waals surface area contributed by atoms with Gasteiger partial charge >= 0.3 is 0 Å². The lowest BCUT2D eigenvalue weighted by atomic mass is 10.1. The standard InChI is InChI=1S/C16H21N5/c1-3-18-15-14-13(19-16(17)20-15)11(2)9-21(14)10-12-7-5-4-6-8-12/h4-8,11H,3,9-10H2,1-2H3,(H3,17,18,19,20). The van der Waals surface area contributed by atoms with Gasteiger partial charge in [0.2, 0.25) is 5.95 Å². The van der Waals surface area contributed by atoms with Gasteiger partial charge in [0, 0.05) is 25.6 Å². The van der Waals surface area contributed by atoms with Crippen molar-refractivity contribution in [3.05, 3.63) is 41.6 Å². The summed E-state index contributed by atoms with van der Waals surface area (Å²) in [5, 5.41) is 3.31. The molecule has 5 nitrogen and oxygen atoms in total. The first-order valence-electron chi connectivity index (χ1n) is 7.39. The van der Waals surface area contributed by atoms with Crippen molar-refractivity contribution in [2.75, 3.05) is 29.0 Å². The summed E-state index contributed by atoms with van der Waals surface area (Å²) in [7, 11) is 0. The molecule has 1 aliphatic rings. The molecule has 1 aromatic heterocycles. The van der Waals surface area contributed by atoms with Gasteiger partial charge in [0.05, 0.1) is 5.69 Å². The Bertz CT molecular complexity index is 626. The highest BCUT2D eigenvalue weighted by atomic mass is 15.2. The Morgan fingerprint density at radius 2 is 2.05 bits per heavy atom.